The second-order valence-corrected chi connectivity index (χ2v) is 5.17. The van der Waals surface area contributed by atoms with Crippen LogP contribution in [0.5, 0.6) is 11.5 Å². The molecule has 1 aliphatic heterocycles. The van der Waals surface area contributed by atoms with Crippen molar-refractivity contribution in [3.63, 3.8) is 0 Å². The number of likely N-dealkylation sites (N-methyl/N-ethyl adjacent to an activating group) is 1. The van der Waals surface area contributed by atoms with E-state index in [1.54, 1.807) is 14.2 Å². The van der Waals surface area contributed by atoms with Gasteiger partial charge < -0.3 is 19.7 Å². The van der Waals surface area contributed by atoms with E-state index in [9.17, 15) is 0 Å². The predicted octanol–water partition coefficient (Wildman–Crippen LogP) is 2.20. The molecule has 1 aromatic carbocycles. The minimum Gasteiger partial charge on any atom is -0.493 e. The fourth-order valence-corrected chi connectivity index (χ4v) is 2.72. The molecule has 0 saturated carbocycles. The molecule has 1 heterocycles. The van der Waals surface area contributed by atoms with Crippen molar-refractivity contribution in [3.05, 3.63) is 17.7 Å². The van der Waals surface area contributed by atoms with E-state index in [1.165, 1.54) is 24.1 Å². The van der Waals surface area contributed by atoms with Crippen LogP contribution < -0.4 is 19.7 Å². The van der Waals surface area contributed by atoms with Gasteiger partial charge in [-0.25, -0.2) is 0 Å². The summed E-state index contributed by atoms with van der Waals surface area (Å²) in [4.78, 5) is 2.29. The summed E-state index contributed by atoms with van der Waals surface area (Å²) < 4.78 is 10.7. The molecule has 0 bridgehead atoms. The largest absolute Gasteiger partial charge is 0.493 e. The molecule has 0 amide bonds. The summed E-state index contributed by atoms with van der Waals surface area (Å²) in [6, 6.07) is 4.69. The Morgan fingerprint density at radius 2 is 1.95 bits per heavy atom. The Balaban J connectivity index is 2.17. The van der Waals surface area contributed by atoms with Crippen LogP contribution in [0.3, 0.4) is 0 Å². The summed E-state index contributed by atoms with van der Waals surface area (Å²) in [5.41, 5.74) is 2.41. The van der Waals surface area contributed by atoms with E-state index in [2.05, 4.69) is 30.3 Å². The number of methoxy groups -OCH3 is 2. The molecular weight excluding hydrogens is 240 g/mol. The molecular formula is C15H24N2O2. The molecule has 1 atom stereocenters. The molecule has 1 saturated heterocycles. The lowest BCUT2D eigenvalue weighted by Crippen LogP contribution is -2.35. The van der Waals surface area contributed by atoms with Crippen molar-refractivity contribution in [2.75, 3.05) is 39.3 Å². The monoisotopic (exact) mass is 264 g/mol. The molecule has 106 valence electrons. The standard InChI is InChI=1S/C15H24N2O2/c1-11-8-14(18-3)15(19-4)9-13(11)17(2)10-12-6-5-7-16-12/h8-9,12,16H,5-7,10H2,1-4H3. The number of hydrogen-bond acceptors (Lipinski definition) is 4. The van der Waals surface area contributed by atoms with E-state index in [4.69, 9.17) is 9.47 Å². The van der Waals surface area contributed by atoms with Crippen LogP contribution in [-0.2, 0) is 0 Å². The highest BCUT2D eigenvalue weighted by Gasteiger charge is 2.18. The second-order valence-electron chi connectivity index (χ2n) is 5.17. The van der Waals surface area contributed by atoms with Crippen LogP contribution in [0.25, 0.3) is 0 Å². The summed E-state index contributed by atoms with van der Waals surface area (Å²) >= 11 is 0. The van der Waals surface area contributed by atoms with E-state index >= 15 is 0 Å². The summed E-state index contributed by atoms with van der Waals surface area (Å²) in [6.45, 7) is 4.27. The van der Waals surface area contributed by atoms with E-state index in [1.807, 2.05) is 6.07 Å². The lowest BCUT2D eigenvalue weighted by molar-refractivity contribution is 0.354. The molecule has 0 aromatic heterocycles. The molecule has 1 N–H and O–H groups in total. The van der Waals surface area contributed by atoms with Crippen molar-refractivity contribution < 1.29 is 9.47 Å². The van der Waals surface area contributed by atoms with Crippen molar-refractivity contribution in [2.45, 2.75) is 25.8 Å². The number of rotatable bonds is 5. The maximum absolute atomic E-state index is 5.38. The van der Waals surface area contributed by atoms with E-state index in [0.717, 1.165) is 24.6 Å². The molecule has 1 aliphatic rings. The third-order valence-corrected chi connectivity index (χ3v) is 3.77. The van der Waals surface area contributed by atoms with Crippen LogP contribution in [0.2, 0.25) is 0 Å². The number of nitrogens with zero attached hydrogens (tertiary/aromatic N) is 1. The Hall–Kier alpha value is -1.42. The van der Waals surface area contributed by atoms with Crippen LogP contribution in [0.15, 0.2) is 12.1 Å². The number of benzene rings is 1. The molecule has 1 fully saturated rings. The Labute approximate surface area is 115 Å². The minimum atomic E-state index is 0.595. The van der Waals surface area contributed by atoms with E-state index in [-0.39, 0.29) is 0 Å². The average Bonchev–Trinajstić information content (AvgIpc) is 2.90. The van der Waals surface area contributed by atoms with Crippen LogP contribution in [0.4, 0.5) is 5.69 Å². The van der Waals surface area contributed by atoms with Gasteiger partial charge in [-0.15, -0.1) is 0 Å². The highest BCUT2D eigenvalue weighted by Crippen LogP contribution is 2.34. The topological polar surface area (TPSA) is 33.7 Å². The quantitative estimate of drug-likeness (QED) is 0.884. The summed E-state index contributed by atoms with van der Waals surface area (Å²) in [5, 5.41) is 3.53. The molecule has 1 aromatic rings. The zero-order valence-corrected chi connectivity index (χ0v) is 12.3. The maximum atomic E-state index is 5.38. The highest BCUT2D eigenvalue weighted by molar-refractivity contribution is 5.61. The zero-order valence-electron chi connectivity index (χ0n) is 12.3. The first-order valence-electron chi connectivity index (χ1n) is 6.83. The SMILES string of the molecule is COc1cc(C)c(N(C)CC2CCCN2)cc1OC. The Morgan fingerprint density at radius 3 is 2.53 bits per heavy atom. The van der Waals surface area contributed by atoms with Crippen molar-refractivity contribution in [1.82, 2.24) is 5.32 Å². The first-order valence-corrected chi connectivity index (χ1v) is 6.83. The number of aryl methyl sites for hydroxylation is 1. The molecule has 0 aliphatic carbocycles. The maximum Gasteiger partial charge on any atom is 0.162 e. The van der Waals surface area contributed by atoms with E-state index < -0.39 is 0 Å². The van der Waals surface area contributed by atoms with Crippen LogP contribution in [-0.4, -0.2) is 40.4 Å². The fourth-order valence-electron chi connectivity index (χ4n) is 2.72. The normalized spacial score (nSPS) is 18.4. The number of nitrogens with one attached hydrogen (secondary N) is 1. The Kier molecular flexibility index (Phi) is 4.53. The molecule has 19 heavy (non-hydrogen) atoms. The van der Waals surface area contributed by atoms with E-state index in [0.29, 0.717) is 6.04 Å². The summed E-state index contributed by atoms with van der Waals surface area (Å²) in [5.74, 6) is 1.57. The Bertz CT molecular complexity index is 428. The molecule has 1 unspecified atom stereocenters. The highest BCUT2D eigenvalue weighted by atomic mass is 16.5. The van der Waals surface area contributed by atoms with Gasteiger partial charge >= 0.3 is 0 Å². The summed E-state index contributed by atoms with van der Waals surface area (Å²) in [6.07, 6.45) is 2.54. The van der Waals surface area contributed by atoms with Crippen molar-refractivity contribution in [2.24, 2.45) is 0 Å². The van der Waals surface area contributed by atoms with Gasteiger partial charge in [-0.05, 0) is 37.9 Å². The van der Waals surface area contributed by atoms with Gasteiger partial charge in [0.1, 0.15) is 0 Å². The summed E-state index contributed by atoms with van der Waals surface area (Å²) in [7, 11) is 5.48. The first kappa shape index (κ1) is 14.0. The molecule has 4 nitrogen and oxygen atoms in total. The lowest BCUT2D eigenvalue weighted by atomic mass is 10.1. The lowest BCUT2D eigenvalue weighted by Gasteiger charge is -2.26. The molecule has 0 radical (unpaired) electrons. The smallest absolute Gasteiger partial charge is 0.162 e. The van der Waals surface area contributed by atoms with Crippen molar-refractivity contribution in [3.8, 4) is 11.5 Å². The number of ether oxygens (including phenoxy) is 2. The second kappa shape index (κ2) is 6.15. The third-order valence-electron chi connectivity index (χ3n) is 3.77. The Morgan fingerprint density at radius 1 is 1.26 bits per heavy atom. The van der Waals surface area contributed by atoms with Crippen molar-refractivity contribution >= 4 is 5.69 Å². The fraction of sp³-hybridized carbons (Fsp3) is 0.600. The van der Waals surface area contributed by atoms with Gasteiger partial charge in [0, 0.05) is 31.4 Å². The van der Waals surface area contributed by atoms with Gasteiger partial charge in [0.25, 0.3) is 0 Å². The van der Waals surface area contributed by atoms with Crippen LogP contribution in [0.1, 0.15) is 18.4 Å². The van der Waals surface area contributed by atoms with Gasteiger partial charge in [-0.1, -0.05) is 0 Å². The third kappa shape index (κ3) is 3.13. The first-order chi connectivity index (χ1) is 9.15. The molecule has 0 spiro atoms. The number of hydrogen-bond donors (Lipinski definition) is 1. The van der Waals surface area contributed by atoms with Gasteiger partial charge in [-0.2, -0.15) is 0 Å². The minimum absolute atomic E-state index is 0.595. The molecule has 2 rings (SSSR count). The van der Waals surface area contributed by atoms with Crippen LogP contribution >= 0.6 is 0 Å². The zero-order chi connectivity index (χ0) is 13.8. The van der Waals surface area contributed by atoms with Gasteiger partial charge in [-0.3, -0.25) is 0 Å². The van der Waals surface area contributed by atoms with Crippen molar-refractivity contribution in [1.29, 1.82) is 0 Å². The predicted molar refractivity (Wildman–Crippen MR) is 78.6 cm³/mol. The van der Waals surface area contributed by atoms with Gasteiger partial charge in [0.05, 0.1) is 14.2 Å². The van der Waals surface area contributed by atoms with Gasteiger partial charge in [0.15, 0.2) is 11.5 Å². The number of anilines is 1. The van der Waals surface area contributed by atoms with Gasteiger partial charge in [0.2, 0.25) is 0 Å². The average molecular weight is 264 g/mol. The van der Waals surface area contributed by atoms with Crippen LogP contribution in [0, 0.1) is 6.92 Å². The molecule has 4 heteroatoms.